The average Bonchev–Trinajstić information content (AvgIpc) is 2.83. The summed E-state index contributed by atoms with van der Waals surface area (Å²) in [6.45, 7) is 1.77. The summed E-state index contributed by atoms with van der Waals surface area (Å²) < 4.78 is 0.611. The van der Waals surface area contributed by atoms with Crippen LogP contribution >= 0.6 is 39.3 Å². The minimum atomic E-state index is 0.153. The fourth-order valence-corrected chi connectivity index (χ4v) is 3.18. The molecule has 0 fully saturated rings. The molecule has 3 heterocycles. The van der Waals surface area contributed by atoms with Crippen LogP contribution in [0.2, 0.25) is 5.15 Å². The molecule has 3 rings (SSSR count). The van der Waals surface area contributed by atoms with Gasteiger partial charge in [-0.15, -0.1) is 0 Å². The molecule has 3 aromatic rings. The molecule has 3 aromatic heterocycles. The van der Waals surface area contributed by atoms with Crippen molar-refractivity contribution in [2.24, 2.45) is 0 Å². The van der Waals surface area contributed by atoms with Crippen molar-refractivity contribution in [3.8, 4) is 0 Å². The summed E-state index contributed by atoms with van der Waals surface area (Å²) >= 11 is 10.7. The van der Waals surface area contributed by atoms with Crippen molar-refractivity contribution in [3.63, 3.8) is 0 Å². The number of fused-ring (bicyclic) bond motifs is 1. The van der Waals surface area contributed by atoms with Gasteiger partial charge in [0.15, 0.2) is 5.65 Å². The lowest BCUT2D eigenvalue weighted by atomic mass is 10.5. The molecule has 0 aliphatic heterocycles. The molecule has 0 amide bonds. The second-order valence-corrected chi connectivity index (χ2v) is 5.90. The third-order valence-corrected chi connectivity index (χ3v) is 4.85. The van der Waals surface area contributed by atoms with E-state index in [2.05, 4.69) is 45.8 Å². The number of nitrogens with one attached hydrogen (secondary N) is 1. The van der Waals surface area contributed by atoms with Gasteiger partial charge in [0.2, 0.25) is 5.95 Å². The SMILES string of the molecule is Cc1nc(Cl)c(Br)c(Sc2nc(N)nc3nc[nH]c23)n1. The first-order valence-corrected chi connectivity index (χ1v) is 7.37. The number of aryl methyl sites for hydroxylation is 1. The van der Waals surface area contributed by atoms with Crippen molar-refractivity contribution in [3.05, 3.63) is 21.8 Å². The van der Waals surface area contributed by atoms with Crippen LogP contribution in [0.15, 0.2) is 20.9 Å². The molecule has 10 heteroatoms. The zero-order chi connectivity index (χ0) is 14.3. The summed E-state index contributed by atoms with van der Waals surface area (Å²) in [6, 6.07) is 0. The van der Waals surface area contributed by atoms with E-state index in [0.29, 0.717) is 36.7 Å². The smallest absolute Gasteiger partial charge is 0.223 e. The van der Waals surface area contributed by atoms with Crippen LogP contribution in [0.4, 0.5) is 5.95 Å². The molecule has 0 saturated carbocycles. The number of aromatic nitrogens is 6. The maximum atomic E-state index is 6.02. The Hall–Kier alpha value is -1.45. The highest BCUT2D eigenvalue weighted by atomic mass is 79.9. The van der Waals surface area contributed by atoms with E-state index >= 15 is 0 Å². The van der Waals surface area contributed by atoms with Crippen LogP contribution < -0.4 is 5.73 Å². The zero-order valence-corrected chi connectivity index (χ0v) is 13.2. The van der Waals surface area contributed by atoms with Crippen molar-refractivity contribution < 1.29 is 0 Å². The Morgan fingerprint density at radius 1 is 1.25 bits per heavy atom. The lowest BCUT2D eigenvalue weighted by molar-refractivity contribution is 0.949. The highest BCUT2D eigenvalue weighted by Gasteiger charge is 2.15. The van der Waals surface area contributed by atoms with E-state index in [1.807, 2.05) is 0 Å². The van der Waals surface area contributed by atoms with Crippen LogP contribution in [0.3, 0.4) is 0 Å². The predicted octanol–water partition coefficient (Wildman–Crippen LogP) is 2.60. The highest BCUT2D eigenvalue weighted by Crippen LogP contribution is 2.36. The largest absolute Gasteiger partial charge is 0.368 e. The van der Waals surface area contributed by atoms with Gasteiger partial charge < -0.3 is 10.7 Å². The standard InChI is InChI=1S/C10H7BrClN7S/c1-3-16-6(12)4(11)8(17-3)20-9-5-7(15-2-14-5)18-10(13)19-9/h2H,1H3,(H3,13,14,15,18,19). The summed E-state index contributed by atoms with van der Waals surface area (Å²) in [4.78, 5) is 23.7. The van der Waals surface area contributed by atoms with Gasteiger partial charge in [0, 0.05) is 0 Å². The molecule has 3 N–H and O–H groups in total. The van der Waals surface area contributed by atoms with Crippen LogP contribution in [0.25, 0.3) is 11.2 Å². The van der Waals surface area contributed by atoms with Crippen LogP contribution in [-0.2, 0) is 0 Å². The van der Waals surface area contributed by atoms with Crippen LogP contribution in [-0.4, -0.2) is 29.9 Å². The Balaban J connectivity index is 2.12. The monoisotopic (exact) mass is 371 g/mol. The van der Waals surface area contributed by atoms with Crippen LogP contribution in [0.5, 0.6) is 0 Å². The van der Waals surface area contributed by atoms with Gasteiger partial charge in [-0.25, -0.2) is 19.9 Å². The molecule has 0 saturated heterocycles. The number of nitrogens with two attached hydrogens (primary N) is 1. The Morgan fingerprint density at radius 3 is 2.85 bits per heavy atom. The highest BCUT2D eigenvalue weighted by molar-refractivity contribution is 9.10. The maximum absolute atomic E-state index is 6.02. The van der Waals surface area contributed by atoms with Crippen molar-refractivity contribution >= 4 is 56.4 Å². The summed E-state index contributed by atoms with van der Waals surface area (Å²) in [5, 5.41) is 1.62. The van der Waals surface area contributed by atoms with Gasteiger partial charge >= 0.3 is 0 Å². The molecule has 0 aromatic carbocycles. The fraction of sp³-hybridized carbons (Fsp3) is 0.100. The van der Waals surface area contributed by atoms with Gasteiger partial charge in [-0.2, -0.15) is 4.98 Å². The van der Waals surface area contributed by atoms with E-state index in [4.69, 9.17) is 17.3 Å². The maximum Gasteiger partial charge on any atom is 0.223 e. The summed E-state index contributed by atoms with van der Waals surface area (Å²) in [5.74, 6) is 0.726. The molecule has 0 aliphatic carbocycles. The predicted molar refractivity (Wildman–Crippen MR) is 79.7 cm³/mol. The number of halogens is 2. The summed E-state index contributed by atoms with van der Waals surface area (Å²) in [5.41, 5.74) is 6.88. The third-order valence-electron chi connectivity index (χ3n) is 2.36. The van der Waals surface area contributed by atoms with Gasteiger partial charge in [0.25, 0.3) is 0 Å². The number of nitrogen functional groups attached to an aromatic ring is 1. The Kier molecular flexibility index (Phi) is 3.48. The number of rotatable bonds is 2. The van der Waals surface area contributed by atoms with Crippen molar-refractivity contribution in [1.82, 2.24) is 29.9 Å². The Morgan fingerprint density at radius 2 is 2.05 bits per heavy atom. The molecular formula is C10H7BrClN7S. The number of hydrogen-bond donors (Lipinski definition) is 2. The van der Waals surface area contributed by atoms with E-state index in [0.717, 1.165) is 0 Å². The molecular weight excluding hydrogens is 366 g/mol. The normalized spacial score (nSPS) is 11.2. The van der Waals surface area contributed by atoms with Gasteiger partial charge in [0.05, 0.1) is 10.8 Å². The minimum Gasteiger partial charge on any atom is -0.368 e. The number of anilines is 1. The Labute approximate surface area is 130 Å². The van der Waals surface area contributed by atoms with Crippen LogP contribution in [0.1, 0.15) is 5.82 Å². The molecule has 0 aliphatic rings. The quantitative estimate of drug-likeness (QED) is 0.666. The van der Waals surface area contributed by atoms with Crippen molar-refractivity contribution in [2.75, 3.05) is 5.73 Å². The first-order chi connectivity index (χ1) is 9.54. The van der Waals surface area contributed by atoms with Gasteiger partial charge in [0.1, 0.15) is 26.5 Å². The van der Waals surface area contributed by atoms with E-state index < -0.39 is 0 Å². The summed E-state index contributed by atoms with van der Waals surface area (Å²) in [6.07, 6.45) is 1.54. The molecule has 20 heavy (non-hydrogen) atoms. The summed E-state index contributed by atoms with van der Waals surface area (Å²) in [7, 11) is 0. The second kappa shape index (κ2) is 5.15. The van der Waals surface area contributed by atoms with Gasteiger partial charge in [-0.1, -0.05) is 11.6 Å². The topological polar surface area (TPSA) is 106 Å². The lowest BCUT2D eigenvalue weighted by Crippen LogP contribution is -1.98. The van der Waals surface area contributed by atoms with E-state index in [9.17, 15) is 0 Å². The first-order valence-electron chi connectivity index (χ1n) is 5.38. The number of nitrogens with zero attached hydrogens (tertiary/aromatic N) is 5. The second-order valence-electron chi connectivity index (χ2n) is 3.77. The molecule has 102 valence electrons. The first kappa shape index (κ1) is 13.5. The average molecular weight is 373 g/mol. The van der Waals surface area contributed by atoms with E-state index in [-0.39, 0.29) is 5.95 Å². The molecule has 0 bridgehead atoms. The number of imidazole rings is 1. The molecule has 0 unspecified atom stereocenters. The van der Waals surface area contributed by atoms with Crippen molar-refractivity contribution in [2.45, 2.75) is 17.0 Å². The van der Waals surface area contributed by atoms with Crippen LogP contribution in [0, 0.1) is 6.92 Å². The molecule has 0 atom stereocenters. The molecule has 0 radical (unpaired) electrons. The molecule has 7 nitrogen and oxygen atoms in total. The van der Waals surface area contributed by atoms with Gasteiger partial charge in [-0.05, 0) is 34.6 Å². The van der Waals surface area contributed by atoms with Crippen molar-refractivity contribution in [1.29, 1.82) is 0 Å². The number of hydrogen-bond acceptors (Lipinski definition) is 7. The third kappa shape index (κ3) is 2.43. The lowest BCUT2D eigenvalue weighted by Gasteiger charge is -2.06. The number of aromatic amines is 1. The Bertz CT molecular complexity index is 806. The van der Waals surface area contributed by atoms with Gasteiger partial charge in [-0.3, -0.25) is 0 Å². The minimum absolute atomic E-state index is 0.153. The molecule has 0 spiro atoms. The number of H-pyrrole nitrogens is 1. The van der Waals surface area contributed by atoms with E-state index in [1.54, 1.807) is 6.92 Å². The fourth-order valence-electron chi connectivity index (χ4n) is 1.56. The van der Waals surface area contributed by atoms with E-state index in [1.165, 1.54) is 18.1 Å². The zero-order valence-electron chi connectivity index (χ0n) is 10.1.